The van der Waals surface area contributed by atoms with Gasteiger partial charge in [-0.1, -0.05) is 11.6 Å². The molecule has 1 heterocycles. The van der Waals surface area contributed by atoms with E-state index < -0.39 is 11.7 Å². The second-order valence-corrected chi connectivity index (χ2v) is 4.04. The molecule has 0 saturated carbocycles. The van der Waals surface area contributed by atoms with E-state index >= 15 is 0 Å². The highest BCUT2D eigenvalue weighted by molar-refractivity contribution is 6.32. The average molecular weight is 281 g/mol. The Bertz CT molecular complexity index is 619. The molecule has 1 N–H and O–H groups in total. The van der Waals surface area contributed by atoms with Crippen molar-refractivity contribution in [2.75, 3.05) is 12.4 Å². The molecule has 19 heavy (non-hydrogen) atoms. The minimum absolute atomic E-state index is 0.269. The number of halogens is 2. The van der Waals surface area contributed by atoms with Crippen molar-refractivity contribution in [2.24, 2.45) is 0 Å². The Morgan fingerprint density at radius 1 is 1.42 bits per heavy atom. The highest BCUT2D eigenvalue weighted by Gasteiger charge is 2.13. The predicted molar refractivity (Wildman–Crippen MR) is 70.2 cm³/mol. The maximum atomic E-state index is 13.4. The van der Waals surface area contributed by atoms with Crippen molar-refractivity contribution in [3.8, 4) is 5.75 Å². The first-order chi connectivity index (χ1) is 9.11. The summed E-state index contributed by atoms with van der Waals surface area (Å²) in [5.74, 6) is -0.831. The second kappa shape index (κ2) is 5.67. The summed E-state index contributed by atoms with van der Waals surface area (Å²) in [6, 6.07) is 7.30. The largest absolute Gasteiger partial charge is 0.495 e. The molecule has 1 aromatic carbocycles. The van der Waals surface area contributed by atoms with Crippen molar-refractivity contribution >= 4 is 23.2 Å². The van der Waals surface area contributed by atoms with E-state index in [0.29, 0.717) is 16.5 Å². The summed E-state index contributed by atoms with van der Waals surface area (Å²) in [6.07, 6.45) is 1.35. The second-order valence-electron chi connectivity index (χ2n) is 3.64. The molecule has 0 spiro atoms. The van der Waals surface area contributed by atoms with Crippen LogP contribution in [0.3, 0.4) is 0 Å². The number of aromatic nitrogens is 1. The van der Waals surface area contributed by atoms with Crippen molar-refractivity contribution in [2.45, 2.75) is 0 Å². The Kier molecular flexibility index (Phi) is 3.97. The van der Waals surface area contributed by atoms with Gasteiger partial charge in [-0.2, -0.15) is 0 Å². The van der Waals surface area contributed by atoms with Crippen LogP contribution in [0.15, 0.2) is 36.5 Å². The number of carbonyl (C=O) groups is 1. The fraction of sp³-hybridized carbons (Fsp3) is 0.0769. The zero-order chi connectivity index (χ0) is 13.8. The first-order valence-electron chi connectivity index (χ1n) is 5.37. The molecule has 4 nitrogen and oxygen atoms in total. The monoisotopic (exact) mass is 280 g/mol. The quantitative estimate of drug-likeness (QED) is 0.940. The van der Waals surface area contributed by atoms with Crippen molar-refractivity contribution < 1.29 is 13.9 Å². The van der Waals surface area contributed by atoms with E-state index in [9.17, 15) is 9.18 Å². The molecule has 1 amide bonds. The lowest BCUT2D eigenvalue weighted by molar-refractivity contribution is 0.101. The van der Waals surface area contributed by atoms with E-state index in [1.165, 1.54) is 31.5 Å². The molecule has 0 aliphatic carbocycles. The molecule has 0 aliphatic heterocycles. The van der Waals surface area contributed by atoms with Gasteiger partial charge in [0.15, 0.2) is 11.5 Å². The van der Waals surface area contributed by atoms with Gasteiger partial charge in [0.2, 0.25) is 0 Å². The molecule has 2 aromatic rings. The van der Waals surface area contributed by atoms with Gasteiger partial charge in [0.05, 0.1) is 12.1 Å². The molecule has 0 fully saturated rings. The summed E-state index contributed by atoms with van der Waals surface area (Å²) in [7, 11) is 1.49. The van der Waals surface area contributed by atoms with Crippen molar-refractivity contribution in [3.05, 3.63) is 53.1 Å². The van der Waals surface area contributed by atoms with Crippen LogP contribution < -0.4 is 10.1 Å². The normalized spacial score (nSPS) is 10.1. The van der Waals surface area contributed by atoms with Gasteiger partial charge in [0.1, 0.15) is 5.75 Å². The van der Waals surface area contributed by atoms with Crippen LogP contribution in [0.2, 0.25) is 5.02 Å². The number of amides is 1. The number of ether oxygens (including phenoxy) is 1. The first-order valence-corrected chi connectivity index (χ1v) is 5.75. The number of anilines is 1. The van der Waals surface area contributed by atoms with Crippen LogP contribution >= 0.6 is 11.6 Å². The third-order valence-electron chi connectivity index (χ3n) is 2.38. The topological polar surface area (TPSA) is 51.2 Å². The lowest BCUT2D eigenvalue weighted by Crippen LogP contribution is -2.15. The van der Waals surface area contributed by atoms with Crippen LogP contribution in [0.4, 0.5) is 10.1 Å². The van der Waals surface area contributed by atoms with Gasteiger partial charge in [-0.05, 0) is 30.3 Å². The summed E-state index contributed by atoms with van der Waals surface area (Å²) in [6.45, 7) is 0. The van der Waals surface area contributed by atoms with Gasteiger partial charge in [0, 0.05) is 11.9 Å². The highest BCUT2D eigenvalue weighted by Crippen LogP contribution is 2.27. The number of benzene rings is 1. The predicted octanol–water partition coefficient (Wildman–Crippen LogP) is 3.14. The maximum absolute atomic E-state index is 13.4. The van der Waals surface area contributed by atoms with E-state index in [1.807, 2.05) is 0 Å². The van der Waals surface area contributed by atoms with E-state index in [1.54, 1.807) is 12.1 Å². The molecule has 0 saturated heterocycles. The Balaban J connectivity index is 2.20. The van der Waals surface area contributed by atoms with Crippen molar-refractivity contribution in [3.63, 3.8) is 0 Å². The van der Waals surface area contributed by atoms with Gasteiger partial charge in [-0.25, -0.2) is 9.37 Å². The molecular formula is C13H10ClFN2O2. The minimum Gasteiger partial charge on any atom is -0.495 e. The van der Waals surface area contributed by atoms with Gasteiger partial charge in [-0.15, -0.1) is 0 Å². The van der Waals surface area contributed by atoms with Crippen LogP contribution in [0.25, 0.3) is 0 Å². The highest BCUT2D eigenvalue weighted by atomic mass is 35.5. The van der Waals surface area contributed by atoms with Gasteiger partial charge in [-0.3, -0.25) is 4.79 Å². The number of carbonyl (C=O) groups excluding carboxylic acids is 1. The fourth-order valence-corrected chi connectivity index (χ4v) is 1.74. The Morgan fingerprint density at radius 3 is 2.84 bits per heavy atom. The summed E-state index contributed by atoms with van der Waals surface area (Å²) in [5, 5.41) is 2.86. The van der Waals surface area contributed by atoms with E-state index in [4.69, 9.17) is 16.3 Å². The zero-order valence-corrected chi connectivity index (χ0v) is 10.7. The van der Waals surface area contributed by atoms with Crippen LogP contribution in [0.1, 0.15) is 10.5 Å². The number of pyridine rings is 1. The summed E-state index contributed by atoms with van der Waals surface area (Å²) < 4.78 is 18.4. The number of rotatable bonds is 3. The number of nitrogens with one attached hydrogen (secondary N) is 1. The molecule has 0 bridgehead atoms. The third kappa shape index (κ3) is 3.00. The van der Waals surface area contributed by atoms with E-state index in [-0.39, 0.29) is 5.69 Å². The molecule has 2 rings (SSSR count). The maximum Gasteiger partial charge on any atom is 0.277 e. The molecule has 0 unspecified atom stereocenters. The summed E-state index contributed by atoms with van der Waals surface area (Å²) in [5.41, 5.74) is 0.162. The SMILES string of the molecule is COc1ccc(NC(=O)c2ncccc2F)cc1Cl. The number of methoxy groups -OCH3 is 1. The molecule has 98 valence electrons. The van der Waals surface area contributed by atoms with Gasteiger partial charge in [0.25, 0.3) is 5.91 Å². The summed E-state index contributed by atoms with van der Waals surface area (Å²) >= 11 is 5.92. The molecule has 6 heteroatoms. The van der Waals surface area contributed by atoms with Crippen LogP contribution in [-0.4, -0.2) is 18.0 Å². The van der Waals surface area contributed by atoms with Crippen molar-refractivity contribution in [1.29, 1.82) is 0 Å². The lowest BCUT2D eigenvalue weighted by atomic mass is 10.2. The average Bonchev–Trinajstić information content (AvgIpc) is 2.39. The number of hydrogen-bond acceptors (Lipinski definition) is 3. The zero-order valence-electron chi connectivity index (χ0n) is 9.98. The fourth-order valence-electron chi connectivity index (χ4n) is 1.49. The van der Waals surface area contributed by atoms with E-state index in [0.717, 1.165) is 0 Å². The standard InChI is InChI=1S/C13H10ClFN2O2/c1-19-11-5-4-8(7-9(11)14)17-13(18)12-10(15)3-2-6-16-12/h2-7H,1H3,(H,17,18). The lowest BCUT2D eigenvalue weighted by Gasteiger charge is -2.08. The minimum atomic E-state index is -0.681. The van der Waals surface area contributed by atoms with Gasteiger partial charge >= 0.3 is 0 Å². The van der Waals surface area contributed by atoms with Crippen LogP contribution in [-0.2, 0) is 0 Å². The van der Waals surface area contributed by atoms with E-state index in [2.05, 4.69) is 10.3 Å². The Morgan fingerprint density at radius 2 is 2.21 bits per heavy atom. The van der Waals surface area contributed by atoms with Crippen molar-refractivity contribution in [1.82, 2.24) is 4.98 Å². The molecule has 0 atom stereocenters. The Labute approximate surface area is 114 Å². The van der Waals surface area contributed by atoms with Crippen LogP contribution in [0.5, 0.6) is 5.75 Å². The smallest absolute Gasteiger partial charge is 0.277 e. The molecule has 0 aliphatic rings. The summed E-state index contributed by atoms with van der Waals surface area (Å²) in [4.78, 5) is 15.5. The van der Waals surface area contributed by atoms with Gasteiger partial charge < -0.3 is 10.1 Å². The molecule has 1 aromatic heterocycles. The molecule has 0 radical (unpaired) electrons. The molecular weight excluding hydrogens is 271 g/mol. The number of nitrogens with zero attached hydrogens (tertiary/aromatic N) is 1. The number of hydrogen-bond donors (Lipinski definition) is 1. The van der Waals surface area contributed by atoms with Crippen LogP contribution in [0, 0.1) is 5.82 Å². The first kappa shape index (κ1) is 13.3. The third-order valence-corrected chi connectivity index (χ3v) is 2.68. The Hall–Kier alpha value is -2.14.